The van der Waals surface area contributed by atoms with Crippen molar-refractivity contribution in [3.63, 3.8) is 0 Å². The molecule has 1 aromatic rings. The summed E-state index contributed by atoms with van der Waals surface area (Å²) in [6, 6.07) is 3.48. The molecule has 0 aliphatic heterocycles. The van der Waals surface area contributed by atoms with Crippen LogP contribution in [0.1, 0.15) is 37.3 Å². The van der Waals surface area contributed by atoms with Gasteiger partial charge in [-0.3, -0.25) is 4.79 Å². The van der Waals surface area contributed by atoms with Crippen molar-refractivity contribution in [2.24, 2.45) is 5.73 Å². The summed E-state index contributed by atoms with van der Waals surface area (Å²) in [6.45, 7) is 5.65. The summed E-state index contributed by atoms with van der Waals surface area (Å²) < 4.78 is 0. The molecule has 0 heterocycles. The van der Waals surface area contributed by atoms with Crippen LogP contribution in [0.2, 0.25) is 0 Å². The minimum atomic E-state index is -0.109. The first-order valence-corrected chi connectivity index (χ1v) is 6.30. The Morgan fingerprint density at radius 3 is 2.72 bits per heavy atom. The van der Waals surface area contributed by atoms with Crippen molar-refractivity contribution in [3.05, 3.63) is 23.3 Å². The van der Waals surface area contributed by atoms with E-state index in [9.17, 15) is 9.90 Å². The maximum absolute atomic E-state index is 11.8. The van der Waals surface area contributed by atoms with Crippen LogP contribution in [0.3, 0.4) is 0 Å². The van der Waals surface area contributed by atoms with Crippen molar-refractivity contribution in [3.8, 4) is 5.75 Å². The van der Waals surface area contributed by atoms with E-state index in [1.54, 1.807) is 19.1 Å². The van der Waals surface area contributed by atoms with Crippen LogP contribution < -0.4 is 11.1 Å². The van der Waals surface area contributed by atoms with E-state index in [-0.39, 0.29) is 17.7 Å². The average Bonchev–Trinajstić information content (AvgIpc) is 2.30. The number of benzene rings is 1. The third-order valence-electron chi connectivity index (χ3n) is 3.01. The number of nitrogens with two attached hydrogens (primary N) is 1. The summed E-state index contributed by atoms with van der Waals surface area (Å²) in [7, 11) is 0. The second kappa shape index (κ2) is 6.40. The largest absolute Gasteiger partial charge is 0.507 e. The Kier molecular flexibility index (Phi) is 5.16. The van der Waals surface area contributed by atoms with Crippen LogP contribution in [0.5, 0.6) is 5.75 Å². The molecule has 1 unspecified atom stereocenters. The van der Waals surface area contributed by atoms with E-state index >= 15 is 0 Å². The molecule has 100 valence electrons. The molecule has 0 aliphatic carbocycles. The monoisotopic (exact) mass is 250 g/mol. The van der Waals surface area contributed by atoms with Crippen LogP contribution in [0.15, 0.2) is 12.1 Å². The third kappa shape index (κ3) is 3.74. The number of amides is 1. The quantitative estimate of drug-likeness (QED) is 0.751. The number of aryl methyl sites for hydroxylation is 1. The van der Waals surface area contributed by atoms with Gasteiger partial charge in [-0.1, -0.05) is 19.4 Å². The van der Waals surface area contributed by atoms with Gasteiger partial charge >= 0.3 is 0 Å². The highest BCUT2D eigenvalue weighted by Gasteiger charge is 2.12. The summed E-state index contributed by atoms with van der Waals surface area (Å²) in [5, 5.41) is 12.6. The summed E-state index contributed by atoms with van der Waals surface area (Å²) >= 11 is 0. The molecule has 1 aromatic carbocycles. The molecule has 4 nitrogen and oxygen atoms in total. The maximum atomic E-state index is 11.8. The third-order valence-corrected chi connectivity index (χ3v) is 3.01. The molecule has 0 saturated heterocycles. The van der Waals surface area contributed by atoms with Gasteiger partial charge in [-0.05, 0) is 31.9 Å². The SMILES string of the molecule is CCCC(N)CC(=O)Nc1ccc(C)c(O)c1C. The fraction of sp³-hybridized carbons (Fsp3) is 0.500. The zero-order valence-electron chi connectivity index (χ0n) is 11.3. The molecule has 0 fully saturated rings. The molecule has 0 saturated carbocycles. The lowest BCUT2D eigenvalue weighted by atomic mass is 10.1. The minimum absolute atomic E-state index is 0.102. The highest BCUT2D eigenvalue weighted by Crippen LogP contribution is 2.28. The number of hydrogen-bond donors (Lipinski definition) is 3. The van der Waals surface area contributed by atoms with Crippen LogP contribution in [-0.2, 0) is 4.79 Å². The topological polar surface area (TPSA) is 75.4 Å². The lowest BCUT2D eigenvalue weighted by Crippen LogP contribution is -2.27. The van der Waals surface area contributed by atoms with Crippen molar-refractivity contribution in [2.45, 2.75) is 46.1 Å². The molecule has 0 bridgehead atoms. The van der Waals surface area contributed by atoms with Gasteiger partial charge in [0.05, 0.1) is 0 Å². The van der Waals surface area contributed by atoms with Gasteiger partial charge in [0.1, 0.15) is 5.75 Å². The van der Waals surface area contributed by atoms with Gasteiger partial charge in [-0.25, -0.2) is 0 Å². The van der Waals surface area contributed by atoms with Crippen molar-refractivity contribution >= 4 is 11.6 Å². The van der Waals surface area contributed by atoms with Gasteiger partial charge in [-0.2, -0.15) is 0 Å². The molecule has 0 aliphatic rings. The van der Waals surface area contributed by atoms with Crippen LogP contribution in [0.25, 0.3) is 0 Å². The molecule has 18 heavy (non-hydrogen) atoms. The Bertz CT molecular complexity index is 430. The predicted octanol–water partition coefficient (Wildman–Crippen LogP) is 2.47. The first kappa shape index (κ1) is 14.5. The summed E-state index contributed by atoms with van der Waals surface area (Å²) in [5.41, 5.74) is 7.95. The number of hydrogen-bond acceptors (Lipinski definition) is 3. The van der Waals surface area contributed by atoms with Crippen molar-refractivity contribution in [2.75, 3.05) is 5.32 Å². The number of carbonyl (C=O) groups is 1. The molecule has 4 heteroatoms. The molecular weight excluding hydrogens is 228 g/mol. The smallest absolute Gasteiger partial charge is 0.225 e. The Labute approximate surface area is 108 Å². The van der Waals surface area contributed by atoms with Crippen molar-refractivity contribution in [1.29, 1.82) is 0 Å². The zero-order valence-corrected chi connectivity index (χ0v) is 11.3. The second-order valence-electron chi connectivity index (χ2n) is 4.70. The number of carbonyl (C=O) groups excluding carboxylic acids is 1. The highest BCUT2D eigenvalue weighted by molar-refractivity contribution is 5.92. The van der Waals surface area contributed by atoms with E-state index in [0.717, 1.165) is 18.4 Å². The Morgan fingerprint density at radius 1 is 1.44 bits per heavy atom. The number of nitrogens with one attached hydrogen (secondary N) is 1. The van der Waals surface area contributed by atoms with Gasteiger partial charge in [-0.15, -0.1) is 0 Å². The summed E-state index contributed by atoms with van der Waals surface area (Å²) in [4.78, 5) is 11.8. The van der Waals surface area contributed by atoms with E-state index in [1.165, 1.54) is 0 Å². The first-order valence-electron chi connectivity index (χ1n) is 6.30. The number of anilines is 1. The lowest BCUT2D eigenvalue weighted by Gasteiger charge is -2.13. The highest BCUT2D eigenvalue weighted by atomic mass is 16.3. The fourth-order valence-electron chi connectivity index (χ4n) is 1.88. The number of aromatic hydroxyl groups is 1. The first-order chi connectivity index (χ1) is 8.45. The Balaban J connectivity index is 2.68. The molecule has 1 rings (SSSR count). The van der Waals surface area contributed by atoms with Gasteiger partial charge in [0, 0.05) is 23.7 Å². The maximum Gasteiger partial charge on any atom is 0.225 e. The van der Waals surface area contributed by atoms with Crippen molar-refractivity contribution in [1.82, 2.24) is 0 Å². The van der Waals surface area contributed by atoms with Crippen LogP contribution >= 0.6 is 0 Å². The number of phenolic OH excluding ortho intramolecular Hbond substituents is 1. The minimum Gasteiger partial charge on any atom is -0.507 e. The molecule has 0 radical (unpaired) electrons. The standard InChI is InChI=1S/C14H22N2O2/c1-4-5-11(15)8-13(17)16-12-7-6-9(2)14(18)10(12)3/h6-7,11,18H,4-5,8,15H2,1-3H3,(H,16,17). The van der Waals surface area contributed by atoms with E-state index in [4.69, 9.17) is 5.73 Å². The second-order valence-corrected chi connectivity index (χ2v) is 4.70. The lowest BCUT2D eigenvalue weighted by molar-refractivity contribution is -0.116. The van der Waals surface area contributed by atoms with Gasteiger partial charge in [0.2, 0.25) is 5.91 Å². The predicted molar refractivity (Wildman–Crippen MR) is 73.7 cm³/mol. The Hall–Kier alpha value is -1.55. The number of phenols is 1. The van der Waals surface area contributed by atoms with Gasteiger partial charge in [0.15, 0.2) is 0 Å². The summed E-state index contributed by atoms with van der Waals surface area (Å²) in [6.07, 6.45) is 2.12. The normalized spacial score (nSPS) is 12.2. The van der Waals surface area contributed by atoms with E-state index in [2.05, 4.69) is 5.32 Å². The molecular formula is C14H22N2O2. The molecule has 1 atom stereocenters. The molecule has 1 amide bonds. The van der Waals surface area contributed by atoms with Crippen LogP contribution in [-0.4, -0.2) is 17.1 Å². The van der Waals surface area contributed by atoms with Gasteiger partial charge in [0.25, 0.3) is 0 Å². The van der Waals surface area contributed by atoms with E-state index in [0.29, 0.717) is 17.7 Å². The summed E-state index contributed by atoms with van der Waals surface area (Å²) in [5.74, 6) is 0.118. The van der Waals surface area contributed by atoms with Crippen LogP contribution in [0, 0.1) is 13.8 Å². The van der Waals surface area contributed by atoms with Gasteiger partial charge < -0.3 is 16.2 Å². The number of rotatable bonds is 5. The molecule has 0 aromatic heterocycles. The van der Waals surface area contributed by atoms with Crippen molar-refractivity contribution < 1.29 is 9.90 Å². The van der Waals surface area contributed by atoms with E-state index < -0.39 is 0 Å². The molecule has 4 N–H and O–H groups in total. The molecule has 0 spiro atoms. The fourth-order valence-corrected chi connectivity index (χ4v) is 1.88. The van der Waals surface area contributed by atoms with Crippen LogP contribution in [0.4, 0.5) is 5.69 Å². The average molecular weight is 250 g/mol. The Morgan fingerprint density at radius 2 is 2.11 bits per heavy atom. The zero-order chi connectivity index (χ0) is 13.7. The van der Waals surface area contributed by atoms with E-state index in [1.807, 2.05) is 13.8 Å².